The van der Waals surface area contributed by atoms with Crippen molar-refractivity contribution >= 4 is 34.2 Å². The van der Waals surface area contributed by atoms with Crippen LogP contribution in [0.3, 0.4) is 0 Å². The molecule has 2 heterocycles. The minimum Gasteiger partial charge on any atom is -0.444 e. The topological polar surface area (TPSA) is 88.2 Å². The number of hydrogen-bond acceptors (Lipinski definition) is 6. The van der Waals surface area contributed by atoms with E-state index in [1.54, 1.807) is 4.90 Å². The molecule has 3 amide bonds. The van der Waals surface area contributed by atoms with Gasteiger partial charge < -0.3 is 15.0 Å². The number of ether oxygens (including phenoxy) is 1. The summed E-state index contributed by atoms with van der Waals surface area (Å²) in [5.41, 5.74) is 0.509. The lowest BCUT2D eigenvalue weighted by molar-refractivity contribution is -0.118. The Morgan fingerprint density at radius 1 is 1.18 bits per heavy atom. The van der Waals surface area contributed by atoms with Crippen molar-refractivity contribution in [3.8, 4) is 0 Å². The lowest BCUT2D eigenvalue weighted by atomic mass is 10.0. The van der Waals surface area contributed by atoms with Gasteiger partial charge in [0.2, 0.25) is 5.91 Å². The molecule has 0 aromatic carbocycles. The monoisotopic (exact) mass is 479 g/mol. The molecule has 184 valence electrons. The van der Waals surface area contributed by atoms with Gasteiger partial charge in [0.25, 0.3) is 5.91 Å². The number of anilines is 1. The summed E-state index contributed by atoms with van der Waals surface area (Å²) < 4.78 is 5.53. The van der Waals surface area contributed by atoms with Gasteiger partial charge in [0.15, 0.2) is 0 Å². The molecule has 0 saturated heterocycles. The molecule has 1 aliphatic carbocycles. The van der Waals surface area contributed by atoms with Gasteiger partial charge in [0.05, 0.1) is 19.2 Å². The molecule has 1 saturated carbocycles. The van der Waals surface area contributed by atoms with Gasteiger partial charge in [-0.3, -0.25) is 14.4 Å². The molecule has 9 heteroatoms. The summed E-state index contributed by atoms with van der Waals surface area (Å²) in [6.07, 6.45) is 0.123. The Hall–Kier alpha value is -2.13. The van der Waals surface area contributed by atoms with Crippen LogP contribution in [0.1, 0.15) is 76.2 Å². The van der Waals surface area contributed by atoms with Crippen LogP contribution in [0.25, 0.3) is 0 Å². The van der Waals surface area contributed by atoms with Crippen molar-refractivity contribution in [3.63, 3.8) is 0 Å². The molecule has 1 aliphatic heterocycles. The van der Waals surface area contributed by atoms with Crippen LogP contribution in [0.15, 0.2) is 0 Å². The molecule has 33 heavy (non-hydrogen) atoms. The number of nitrogens with zero attached hydrogens (tertiary/aromatic N) is 2. The van der Waals surface area contributed by atoms with Gasteiger partial charge in [-0.1, -0.05) is 27.7 Å². The van der Waals surface area contributed by atoms with Crippen molar-refractivity contribution in [1.82, 2.24) is 9.96 Å². The van der Waals surface area contributed by atoms with Crippen LogP contribution < -0.4 is 5.32 Å². The number of nitrogens with one attached hydrogen (secondary N) is 1. The first-order chi connectivity index (χ1) is 15.2. The molecular weight excluding hydrogens is 442 g/mol. The van der Waals surface area contributed by atoms with Crippen LogP contribution in [-0.2, 0) is 27.3 Å². The maximum atomic E-state index is 13.3. The maximum absolute atomic E-state index is 13.3. The summed E-state index contributed by atoms with van der Waals surface area (Å²) in [4.78, 5) is 46.9. The molecule has 3 rings (SSSR count). The number of rotatable bonds is 5. The van der Waals surface area contributed by atoms with Gasteiger partial charge in [-0.15, -0.1) is 11.3 Å². The minimum absolute atomic E-state index is 0.0814. The van der Waals surface area contributed by atoms with E-state index in [1.165, 1.54) is 23.5 Å². The highest BCUT2D eigenvalue weighted by Gasteiger charge is 2.68. The zero-order valence-electron chi connectivity index (χ0n) is 21.2. The molecular formula is C24H37N3O5S. The number of carbonyl (C=O) groups excluding carboxylic acids is 3. The number of hydrogen-bond donors (Lipinski definition) is 1. The standard InChI is InChI=1S/C24H37N3O5S/c1-10-27(31-9)20(29)16-14-11-12-26(21(30)32-22(2,3)4)13-15(14)33-19(16)25-18(28)17-23(5,6)24(17,7)8/h17H,10-13H2,1-9H3,(H,25,28). The Balaban J connectivity index is 1.93. The summed E-state index contributed by atoms with van der Waals surface area (Å²) in [7, 11) is 1.46. The normalized spacial score (nSPS) is 19.0. The average Bonchev–Trinajstić information content (AvgIpc) is 2.94. The Kier molecular flexibility index (Phi) is 6.63. The minimum atomic E-state index is -0.586. The van der Waals surface area contributed by atoms with Crippen LogP contribution in [0.5, 0.6) is 0 Å². The van der Waals surface area contributed by atoms with Crippen LogP contribution >= 0.6 is 11.3 Å². The molecule has 0 atom stereocenters. The summed E-state index contributed by atoms with van der Waals surface area (Å²) in [6.45, 7) is 16.8. The van der Waals surface area contributed by atoms with Gasteiger partial charge in [0, 0.05) is 23.9 Å². The van der Waals surface area contributed by atoms with E-state index >= 15 is 0 Å². The van der Waals surface area contributed by atoms with Crippen molar-refractivity contribution in [2.45, 2.75) is 74.0 Å². The fraction of sp³-hybridized carbons (Fsp3) is 0.708. The third-order valence-corrected chi connectivity index (χ3v) is 8.31. The number of carbonyl (C=O) groups is 3. The van der Waals surface area contributed by atoms with E-state index in [4.69, 9.17) is 9.57 Å². The van der Waals surface area contributed by atoms with E-state index in [-0.39, 0.29) is 34.7 Å². The number of fused-ring (bicyclic) bond motifs is 1. The second-order valence-electron chi connectivity index (χ2n) is 10.9. The Morgan fingerprint density at radius 2 is 1.79 bits per heavy atom. The van der Waals surface area contributed by atoms with Gasteiger partial charge in [-0.25, -0.2) is 9.86 Å². The fourth-order valence-corrected chi connectivity index (χ4v) is 5.97. The van der Waals surface area contributed by atoms with Crippen LogP contribution in [0.4, 0.5) is 9.80 Å². The largest absolute Gasteiger partial charge is 0.444 e. The number of amides is 3. The highest BCUT2D eigenvalue weighted by atomic mass is 32.1. The number of hydroxylamine groups is 2. The first kappa shape index (κ1) is 25.5. The van der Waals surface area contributed by atoms with E-state index in [0.29, 0.717) is 36.6 Å². The van der Waals surface area contributed by atoms with Crippen LogP contribution in [0, 0.1) is 16.7 Å². The third kappa shape index (κ3) is 4.62. The first-order valence-electron chi connectivity index (χ1n) is 11.4. The quantitative estimate of drug-likeness (QED) is 0.619. The van der Waals surface area contributed by atoms with E-state index < -0.39 is 5.60 Å². The molecule has 8 nitrogen and oxygen atoms in total. The molecule has 1 aromatic rings. The van der Waals surface area contributed by atoms with Crippen molar-refractivity contribution in [2.75, 3.05) is 25.5 Å². The second kappa shape index (κ2) is 8.58. The first-order valence-corrected chi connectivity index (χ1v) is 12.3. The van der Waals surface area contributed by atoms with E-state index in [9.17, 15) is 14.4 Å². The molecule has 1 aromatic heterocycles. The third-order valence-electron chi connectivity index (χ3n) is 7.18. The van der Waals surface area contributed by atoms with Crippen LogP contribution in [-0.4, -0.2) is 53.7 Å². The smallest absolute Gasteiger partial charge is 0.410 e. The summed E-state index contributed by atoms with van der Waals surface area (Å²) >= 11 is 1.36. The SMILES string of the molecule is CCN(OC)C(=O)c1c(NC(=O)C2C(C)(C)C2(C)C)sc2c1CCN(C(=O)OC(C)(C)C)C2. The van der Waals surface area contributed by atoms with E-state index in [0.717, 1.165) is 10.4 Å². The zero-order valence-corrected chi connectivity index (χ0v) is 22.1. The highest BCUT2D eigenvalue weighted by molar-refractivity contribution is 7.17. The maximum Gasteiger partial charge on any atom is 0.410 e. The molecule has 0 spiro atoms. The van der Waals surface area contributed by atoms with Crippen molar-refractivity contribution < 1.29 is 24.0 Å². The van der Waals surface area contributed by atoms with Gasteiger partial charge in [0.1, 0.15) is 10.6 Å². The number of thiophene rings is 1. The summed E-state index contributed by atoms with van der Waals surface area (Å²) in [6, 6.07) is 0. The summed E-state index contributed by atoms with van der Waals surface area (Å²) in [5.74, 6) is -0.509. The highest BCUT2D eigenvalue weighted by Crippen LogP contribution is 2.68. The Bertz CT molecular complexity index is 942. The predicted octanol–water partition coefficient (Wildman–Crippen LogP) is 4.69. The van der Waals surface area contributed by atoms with Crippen molar-refractivity contribution in [1.29, 1.82) is 0 Å². The molecule has 0 unspecified atom stereocenters. The van der Waals surface area contributed by atoms with Crippen molar-refractivity contribution in [2.24, 2.45) is 16.7 Å². The lowest BCUT2D eigenvalue weighted by Gasteiger charge is -2.30. The second-order valence-corrected chi connectivity index (χ2v) is 12.0. The predicted molar refractivity (Wildman–Crippen MR) is 128 cm³/mol. The lowest BCUT2D eigenvalue weighted by Crippen LogP contribution is -2.40. The molecule has 1 N–H and O–H groups in total. The zero-order chi connectivity index (χ0) is 24.9. The van der Waals surface area contributed by atoms with Gasteiger partial charge >= 0.3 is 6.09 Å². The molecule has 1 fully saturated rings. The average molecular weight is 480 g/mol. The Labute approximate surface area is 200 Å². The van der Waals surface area contributed by atoms with E-state index in [2.05, 4.69) is 33.0 Å². The summed E-state index contributed by atoms with van der Waals surface area (Å²) in [5, 5.41) is 4.85. The van der Waals surface area contributed by atoms with Crippen LogP contribution in [0.2, 0.25) is 0 Å². The molecule has 2 aliphatic rings. The molecule has 0 radical (unpaired) electrons. The fourth-order valence-electron chi connectivity index (χ4n) is 4.72. The Morgan fingerprint density at radius 3 is 2.27 bits per heavy atom. The van der Waals surface area contributed by atoms with E-state index in [1.807, 2.05) is 27.7 Å². The molecule has 0 bridgehead atoms. The van der Waals surface area contributed by atoms with Gasteiger partial charge in [-0.2, -0.15) is 0 Å². The van der Waals surface area contributed by atoms with Gasteiger partial charge in [-0.05, 0) is 50.5 Å². The van der Waals surface area contributed by atoms with Crippen molar-refractivity contribution in [3.05, 3.63) is 16.0 Å².